The first-order chi connectivity index (χ1) is 7.58. The maximum absolute atomic E-state index is 10.5. The molecule has 8 heteroatoms. The van der Waals surface area contributed by atoms with Crippen molar-refractivity contribution in [3.63, 3.8) is 0 Å². The van der Waals surface area contributed by atoms with Gasteiger partial charge in [0.1, 0.15) is 12.5 Å². The summed E-state index contributed by atoms with van der Waals surface area (Å²) in [5, 5.41) is 14.3. The van der Waals surface area contributed by atoms with Gasteiger partial charge in [0.25, 0.3) is 0 Å². The van der Waals surface area contributed by atoms with E-state index in [0.29, 0.717) is 5.13 Å². The van der Waals surface area contributed by atoms with Crippen LogP contribution in [0.3, 0.4) is 0 Å². The normalized spacial score (nSPS) is 19.1. The lowest BCUT2D eigenvalue weighted by atomic mass is 10.6. The lowest BCUT2D eigenvalue weighted by Gasteiger charge is -2.25. The van der Waals surface area contributed by atoms with Gasteiger partial charge in [0.05, 0.1) is 4.92 Å². The highest BCUT2D eigenvalue weighted by atomic mass is 32.1. The lowest BCUT2D eigenvalue weighted by Crippen LogP contribution is -2.41. The van der Waals surface area contributed by atoms with Crippen LogP contribution in [0.5, 0.6) is 0 Å². The first-order valence-corrected chi connectivity index (χ1v) is 5.67. The van der Waals surface area contributed by atoms with E-state index in [2.05, 4.69) is 20.1 Å². The number of hydrogen-bond acceptors (Lipinski definition) is 7. The van der Waals surface area contributed by atoms with Gasteiger partial charge < -0.3 is 5.32 Å². The summed E-state index contributed by atoms with van der Waals surface area (Å²) >= 11 is 1.06. The van der Waals surface area contributed by atoms with E-state index in [0.717, 1.165) is 24.4 Å². The van der Waals surface area contributed by atoms with Crippen molar-refractivity contribution in [3.8, 4) is 0 Å². The van der Waals surface area contributed by atoms with Gasteiger partial charge in [0.15, 0.2) is 5.13 Å². The SMILES string of the molecule is CN1CCN(C)C1Nc1ncc([N+](=O)[O-])s1. The standard InChI is InChI=1S/C8H13N5O2S/c1-11-3-4-12(2)8(11)10-7-9-5-6(16-7)13(14)15/h5,8H,3-4H2,1-2H3,(H,9,10). The number of aromatic nitrogens is 1. The molecule has 1 aliphatic rings. The van der Waals surface area contributed by atoms with E-state index in [9.17, 15) is 10.1 Å². The van der Waals surface area contributed by atoms with Crippen LogP contribution in [0.25, 0.3) is 0 Å². The molecule has 0 spiro atoms. The van der Waals surface area contributed by atoms with Crippen molar-refractivity contribution in [1.82, 2.24) is 14.8 Å². The molecule has 2 heterocycles. The predicted octanol–water partition coefficient (Wildman–Crippen LogP) is 0.624. The van der Waals surface area contributed by atoms with E-state index in [1.165, 1.54) is 6.20 Å². The molecule has 0 aromatic carbocycles. The second kappa shape index (κ2) is 4.32. The Hall–Kier alpha value is -1.25. The summed E-state index contributed by atoms with van der Waals surface area (Å²) in [4.78, 5) is 18.3. The highest BCUT2D eigenvalue weighted by Crippen LogP contribution is 2.26. The number of anilines is 1. The van der Waals surface area contributed by atoms with Crippen molar-refractivity contribution in [2.45, 2.75) is 6.29 Å². The van der Waals surface area contributed by atoms with Gasteiger partial charge in [-0.2, -0.15) is 0 Å². The number of rotatable bonds is 3. The molecule has 1 aromatic rings. The molecule has 0 saturated carbocycles. The summed E-state index contributed by atoms with van der Waals surface area (Å²) in [6, 6.07) is 0. The molecule has 2 rings (SSSR count). The lowest BCUT2D eigenvalue weighted by molar-refractivity contribution is -0.380. The molecule has 88 valence electrons. The molecule has 1 fully saturated rings. The molecule has 1 aromatic heterocycles. The van der Waals surface area contributed by atoms with E-state index in [1.807, 2.05) is 14.1 Å². The largest absolute Gasteiger partial charge is 0.345 e. The van der Waals surface area contributed by atoms with Crippen LogP contribution in [0, 0.1) is 10.1 Å². The Morgan fingerprint density at radius 1 is 1.56 bits per heavy atom. The molecular weight excluding hydrogens is 230 g/mol. The van der Waals surface area contributed by atoms with Gasteiger partial charge >= 0.3 is 5.00 Å². The Bertz CT molecular complexity index is 386. The van der Waals surface area contributed by atoms with Crippen LogP contribution < -0.4 is 5.32 Å². The minimum absolute atomic E-state index is 0.0609. The van der Waals surface area contributed by atoms with Gasteiger partial charge in [-0.25, -0.2) is 4.98 Å². The van der Waals surface area contributed by atoms with Gasteiger partial charge in [-0.3, -0.25) is 19.9 Å². The third kappa shape index (κ3) is 2.13. The van der Waals surface area contributed by atoms with Crippen molar-refractivity contribution in [1.29, 1.82) is 0 Å². The quantitative estimate of drug-likeness (QED) is 0.620. The van der Waals surface area contributed by atoms with Crippen molar-refractivity contribution < 1.29 is 4.92 Å². The third-order valence-electron chi connectivity index (χ3n) is 2.57. The van der Waals surface area contributed by atoms with Gasteiger partial charge in [-0.15, -0.1) is 0 Å². The maximum Gasteiger partial charge on any atom is 0.345 e. The van der Waals surface area contributed by atoms with Crippen molar-refractivity contribution in [2.24, 2.45) is 0 Å². The molecule has 0 amide bonds. The summed E-state index contributed by atoms with van der Waals surface area (Å²) < 4.78 is 0. The minimum Gasteiger partial charge on any atom is -0.333 e. The van der Waals surface area contributed by atoms with Gasteiger partial charge in [-0.1, -0.05) is 0 Å². The fraction of sp³-hybridized carbons (Fsp3) is 0.625. The Morgan fingerprint density at radius 2 is 2.19 bits per heavy atom. The third-order valence-corrected chi connectivity index (χ3v) is 3.45. The highest BCUT2D eigenvalue weighted by molar-refractivity contribution is 7.18. The zero-order valence-corrected chi connectivity index (χ0v) is 9.90. The molecule has 0 radical (unpaired) electrons. The number of nitro groups is 1. The van der Waals surface area contributed by atoms with Crippen LogP contribution >= 0.6 is 11.3 Å². The maximum atomic E-state index is 10.5. The fourth-order valence-electron chi connectivity index (χ4n) is 1.64. The number of likely N-dealkylation sites (N-methyl/N-ethyl adjacent to an activating group) is 2. The topological polar surface area (TPSA) is 74.5 Å². The number of thiazole rings is 1. The van der Waals surface area contributed by atoms with E-state index >= 15 is 0 Å². The zero-order chi connectivity index (χ0) is 11.7. The van der Waals surface area contributed by atoms with Gasteiger partial charge in [0, 0.05) is 13.1 Å². The molecule has 7 nitrogen and oxygen atoms in total. The summed E-state index contributed by atoms with van der Waals surface area (Å²) in [7, 11) is 4.01. The number of hydrogen-bond donors (Lipinski definition) is 1. The van der Waals surface area contributed by atoms with E-state index < -0.39 is 4.92 Å². The van der Waals surface area contributed by atoms with Crippen LogP contribution in [0.1, 0.15) is 0 Å². The minimum atomic E-state index is -0.426. The molecule has 0 bridgehead atoms. The Morgan fingerprint density at radius 3 is 2.69 bits per heavy atom. The van der Waals surface area contributed by atoms with E-state index in [1.54, 1.807) is 0 Å². The molecule has 1 N–H and O–H groups in total. The van der Waals surface area contributed by atoms with Crippen LogP contribution in [-0.4, -0.2) is 53.2 Å². The average Bonchev–Trinajstić information content (AvgIpc) is 2.80. The second-order valence-corrected chi connectivity index (χ2v) is 4.75. The molecule has 1 aliphatic heterocycles. The number of nitrogens with zero attached hydrogens (tertiary/aromatic N) is 4. The summed E-state index contributed by atoms with van der Waals surface area (Å²) in [5.41, 5.74) is 0. The Labute approximate surface area is 96.8 Å². The monoisotopic (exact) mass is 243 g/mol. The Kier molecular flexibility index (Phi) is 3.03. The molecule has 16 heavy (non-hydrogen) atoms. The zero-order valence-electron chi connectivity index (χ0n) is 9.08. The average molecular weight is 243 g/mol. The predicted molar refractivity (Wildman–Crippen MR) is 61.4 cm³/mol. The smallest absolute Gasteiger partial charge is 0.333 e. The number of nitrogens with one attached hydrogen (secondary N) is 1. The summed E-state index contributed by atoms with van der Waals surface area (Å²) in [5.74, 6) is 0. The Balaban J connectivity index is 2.05. The van der Waals surface area contributed by atoms with Crippen LogP contribution in [-0.2, 0) is 0 Å². The summed E-state index contributed by atoms with van der Waals surface area (Å²) in [6.07, 6.45) is 1.34. The van der Waals surface area contributed by atoms with E-state index in [-0.39, 0.29) is 11.3 Å². The van der Waals surface area contributed by atoms with E-state index in [4.69, 9.17) is 0 Å². The van der Waals surface area contributed by atoms with Crippen LogP contribution in [0.4, 0.5) is 10.1 Å². The fourth-order valence-corrected chi connectivity index (χ4v) is 2.29. The molecule has 0 atom stereocenters. The van der Waals surface area contributed by atoms with Crippen molar-refractivity contribution in [2.75, 3.05) is 32.5 Å². The van der Waals surface area contributed by atoms with Crippen LogP contribution in [0.15, 0.2) is 6.20 Å². The first-order valence-electron chi connectivity index (χ1n) is 4.85. The van der Waals surface area contributed by atoms with Gasteiger partial charge in [-0.05, 0) is 25.4 Å². The second-order valence-electron chi connectivity index (χ2n) is 3.74. The van der Waals surface area contributed by atoms with Gasteiger partial charge in [0.2, 0.25) is 0 Å². The molecular formula is C8H13N5O2S. The first kappa shape index (κ1) is 11.2. The van der Waals surface area contributed by atoms with Crippen LogP contribution in [0.2, 0.25) is 0 Å². The van der Waals surface area contributed by atoms with Crippen molar-refractivity contribution >= 4 is 21.5 Å². The molecule has 1 saturated heterocycles. The molecule has 0 aliphatic carbocycles. The van der Waals surface area contributed by atoms with Crippen molar-refractivity contribution in [3.05, 3.63) is 16.3 Å². The summed E-state index contributed by atoms with van der Waals surface area (Å²) in [6.45, 7) is 1.95. The molecule has 0 unspecified atom stereocenters. The highest BCUT2D eigenvalue weighted by Gasteiger charge is 2.27.